The predicted octanol–water partition coefficient (Wildman–Crippen LogP) is 6.87. The number of nitrogens with two attached hydrogens (primary N) is 1. The number of thiophene rings is 1. The third-order valence-electron chi connectivity index (χ3n) is 7.37. The number of hydrogen-bond acceptors (Lipinski definition) is 10. The minimum atomic E-state index is -3.84. The zero-order valence-electron chi connectivity index (χ0n) is 27.3. The number of nitrogen functional groups attached to an aromatic ring is 1. The second-order valence-electron chi connectivity index (χ2n) is 12.9. The zero-order chi connectivity index (χ0) is 34.7. The lowest BCUT2D eigenvalue weighted by atomic mass is 9.89. The molecule has 1 aromatic heterocycles. The van der Waals surface area contributed by atoms with E-state index in [1.165, 1.54) is 22.5 Å². The van der Waals surface area contributed by atoms with Crippen LogP contribution in [-0.2, 0) is 30.0 Å². The van der Waals surface area contributed by atoms with Crippen molar-refractivity contribution in [2.75, 3.05) is 30.8 Å². The second kappa shape index (κ2) is 14.4. The third kappa shape index (κ3) is 9.16. The molecule has 14 heteroatoms. The number of rotatable bonds is 11. The monoisotopic (exact) mass is 709 g/mol. The first-order chi connectivity index (χ1) is 21.9. The number of carbonyl (C=O) groups excluding carboxylic acids is 2. The highest BCUT2D eigenvalue weighted by Gasteiger charge is 2.42. The molecule has 3 aromatic rings. The molecule has 1 atom stereocenters. The van der Waals surface area contributed by atoms with Crippen LogP contribution in [0.2, 0.25) is 5.02 Å². The Bertz CT molecular complexity index is 1740. The van der Waals surface area contributed by atoms with E-state index >= 15 is 0 Å². The van der Waals surface area contributed by atoms with Gasteiger partial charge in [0.2, 0.25) is 10.0 Å². The first-order valence-corrected chi connectivity index (χ1v) is 18.0. The molecule has 1 aliphatic rings. The molecule has 3 N–H and O–H groups in total. The molecular weight excluding hydrogens is 669 g/mol. The lowest BCUT2D eigenvalue weighted by Crippen LogP contribution is -2.55. The first kappa shape index (κ1) is 36.4. The van der Waals surface area contributed by atoms with Crippen molar-refractivity contribution in [2.45, 2.75) is 77.3 Å². The van der Waals surface area contributed by atoms with Gasteiger partial charge in [-0.3, -0.25) is 0 Å². The summed E-state index contributed by atoms with van der Waals surface area (Å²) in [5.74, 6) is -2.28. The Morgan fingerprint density at radius 2 is 1.91 bits per heavy atom. The van der Waals surface area contributed by atoms with Gasteiger partial charge in [0.05, 0.1) is 17.2 Å². The first-order valence-electron chi connectivity index (χ1n) is 15.2. The number of carbonyl (C=O) groups is 2. The minimum Gasteiger partial charge on any atom is -0.479 e. The Kier molecular flexibility index (Phi) is 11.2. The van der Waals surface area contributed by atoms with Crippen LogP contribution in [0.25, 0.3) is 10.4 Å². The molecule has 4 rings (SSSR count). The van der Waals surface area contributed by atoms with Crippen LogP contribution in [0.15, 0.2) is 42.5 Å². The van der Waals surface area contributed by atoms with E-state index in [2.05, 4.69) is 5.32 Å². The largest absolute Gasteiger partial charge is 0.479 e. The molecule has 10 nitrogen and oxygen atoms in total. The van der Waals surface area contributed by atoms with Crippen LogP contribution in [0.3, 0.4) is 0 Å². The highest BCUT2D eigenvalue weighted by atomic mass is 35.5. The number of nitrogens with one attached hydrogen (secondary N) is 1. The molecule has 0 radical (unpaired) electrons. The summed E-state index contributed by atoms with van der Waals surface area (Å²) in [6.45, 7) is 10.6. The quantitative estimate of drug-likeness (QED) is 0.161. The van der Waals surface area contributed by atoms with Crippen molar-refractivity contribution in [3.8, 4) is 16.2 Å². The lowest BCUT2D eigenvalue weighted by Gasteiger charge is -2.45. The minimum absolute atomic E-state index is 0.0365. The molecule has 2 aromatic carbocycles. The van der Waals surface area contributed by atoms with E-state index in [0.717, 1.165) is 17.0 Å². The number of hydrogen-bond donors (Lipinski definition) is 2. The molecule has 1 unspecified atom stereocenters. The molecule has 2 heterocycles. The molecule has 1 fully saturated rings. The Morgan fingerprint density at radius 3 is 2.57 bits per heavy atom. The molecule has 0 spiro atoms. The van der Waals surface area contributed by atoms with Crippen molar-refractivity contribution in [3.63, 3.8) is 0 Å². The van der Waals surface area contributed by atoms with Crippen LogP contribution in [-0.4, -0.2) is 61.6 Å². The van der Waals surface area contributed by atoms with Gasteiger partial charge in [-0.25, -0.2) is 22.4 Å². The summed E-state index contributed by atoms with van der Waals surface area (Å²) in [6.07, 6.45) is 1.00. The fraction of sp³-hybridized carbons (Fsp3) is 0.455. The maximum Gasteiger partial charge on any atom is 0.352 e. The normalized spacial score (nSPS) is 16.8. The van der Waals surface area contributed by atoms with Gasteiger partial charge in [-0.1, -0.05) is 23.7 Å². The summed E-state index contributed by atoms with van der Waals surface area (Å²) >= 11 is 7.86. The number of halogens is 2. The Hall–Kier alpha value is -3.39. The van der Waals surface area contributed by atoms with Gasteiger partial charge in [0.25, 0.3) is 0 Å². The summed E-state index contributed by atoms with van der Waals surface area (Å²) in [5, 5.41) is 3.67. The average Bonchev–Trinajstić information content (AvgIpc) is 3.28. The highest BCUT2D eigenvalue weighted by molar-refractivity contribution is 7.88. The molecule has 256 valence electrons. The summed E-state index contributed by atoms with van der Waals surface area (Å²) in [6, 6.07) is 11.3. The zero-order valence-corrected chi connectivity index (χ0v) is 29.7. The maximum absolute atomic E-state index is 14.4. The Morgan fingerprint density at radius 1 is 1.19 bits per heavy atom. The lowest BCUT2D eigenvalue weighted by molar-refractivity contribution is -0.145. The van der Waals surface area contributed by atoms with Crippen molar-refractivity contribution >= 4 is 56.3 Å². The van der Waals surface area contributed by atoms with Gasteiger partial charge in [0, 0.05) is 35.1 Å². The molecular formula is C33H41ClFN3O7S2. The van der Waals surface area contributed by atoms with Crippen molar-refractivity contribution in [2.24, 2.45) is 0 Å². The van der Waals surface area contributed by atoms with Gasteiger partial charge in [-0.05, 0) is 90.3 Å². The molecule has 0 saturated carbocycles. The number of nitrogens with zero attached hydrogens (tertiary/aromatic N) is 1. The van der Waals surface area contributed by atoms with Crippen LogP contribution < -0.4 is 15.8 Å². The Balaban J connectivity index is 1.54. The van der Waals surface area contributed by atoms with E-state index in [9.17, 15) is 22.4 Å². The maximum atomic E-state index is 14.4. The molecule has 0 amide bonds. The Labute approximate surface area is 284 Å². The molecule has 1 aliphatic heterocycles. The van der Waals surface area contributed by atoms with Crippen LogP contribution in [0.1, 0.15) is 69.6 Å². The summed E-state index contributed by atoms with van der Waals surface area (Å²) < 4.78 is 58.9. The van der Waals surface area contributed by atoms with Crippen molar-refractivity contribution in [1.29, 1.82) is 0 Å². The number of sulfonamides is 1. The number of piperidine rings is 1. The van der Waals surface area contributed by atoms with E-state index in [1.807, 2.05) is 38.1 Å². The number of anilines is 2. The van der Waals surface area contributed by atoms with Crippen molar-refractivity contribution < 1.29 is 36.6 Å². The molecule has 47 heavy (non-hydrogen) atoms. The standard InChI is InChI=1S/C33H41ClFN3O7S2/c1-7-43-26(39)18-44-28-27(34)29(46-30(28)31(40)45-32(2,3)4)20-9-8-10-23(16-20)37-24-13-14-38(33(5,6)17-24)47(41,42)19-21-15-22(36)11-12-25(21)35/h8-12,15-16,24,37H,7,13-14,17-19,36H2,1-6H3. The third-order valence-corrected chi connectivity index (χ3v) is 11.1. The number of benzene rings is 2. The van der Waals surface area contributed by atoms with Crippen LogP contribution in [0.5, 0.6) is 5.75 Å². The number of esters is 2. The smallest absolute Gasteiger partial charge is 0.352 e. The van der Waals surface area contributed by atoms with Crippen molar-refractivity contribution in [1.82, 2.24) is 4.31 Å². The number of ether oxygens (including phenoxy) is 3. The van der Waals surface area contributed by atoms with Gasteiger partial charge >= 0.3 is 11.9 Å². The van der Waals surface area contributed by atoms with Crippen LogP contribution >= 0.6 is 22.9 Å². The fourth-order valence-corrected chi connectivity index (χ4v) is 8.91. The van der Waals surface area contributed by atoms with Gasteiger partial charge in [-0.15, -0.1) is 11.3 Å². The molecule has 0 aliphatic carbocycles. The van der Waals surface area contributed by atoms with Gasteiger partial charge in [0.1, 0.15) is 16.4 Å². The predicted molar refractivity (Wildman–Crippen MR) is 183 cm³/mol. The summed E-state index contributed by atoms with van der Waals surface area (Å²) in [5.41, 5.74) is 6.04. The van der Waals surface area contributed by atoms with Crippen molar-refractivity contribution in [3.05, 3.63) is 63.7 Å². The molecule has 0 bridgehead atoms. The van der Waals surface area contributed by atoms with E-state index in [4.69, 9.17) is 31.5 Å². The second-order valence-corrected chi connectivity index (χ2v) is 16.2. The van der Waals surface area contributed by atoms with Crippen LogP contribution in [0.4, 0.5) is 15.8 Å². The molecule has 1 saturated heterocycles. The van der Waals surface area contributed by atoms with Gasteiger partial charge in [0.15, 0.2) is 17.2 Å². The van der Waals surface area contributed by atoms with E-state index < -0.39 is 51.3 Å². The SMILES string of the molecule is CCOC(=O)COc1c(C(=O)OC(C)(C)C)sc(-c2cccc(NC3CCN(S(=O)(=O)Cc4cc(N)ccc4F)C(C)(C)C3)c2)c1Cl. The van der Waals surface area contributed by atoms with E-state index in [-0.39, 0.29) is 40.4 Å². The topological polar surface area (TPSA) is 137 Å². The van der Waals surface area contributed by atoms with E-state index in [0.29, 0.717) is 29.0 Å². The average molecular weight is 710 g/mol. The highest BCUT2D eigenvalue weighted by Crippen LogP contribution is 2.46. The van der Waals surface area contributed by atoms with Gasteiger partial charge < -0.3 is 25.3 Å². The summed E-state index contributed by atoms with van der Waals surface area (Å²) in [4.78, 5) is 25.8. The fourth-order valence-electron chi connectivity index (χ4n) is 5.49. The summed E-state index contributed by atoms with van der Waals surface area (Å²) in [7, 11) is -3.84. The van der Waals surface area contributed by atoms with Crippen LogP contribution in [0, 0.1) is 5.82 Å². The van der Waals surface area contributed by atoms with Gasteiger partial charge in [-0.2, -0.15) is 4.31 Å². The van der Waals surface area contributed by atoms with E-state index in [1.54, 1.807) is 27.7 Å².